The van der Waals surface area contributed by atoms with Gasteiger partial charge in [0.2, 0.25) is 0 Å². The zero-order valence-electron chi connectivity index (χ0n) is 17.4. The van der Waals surface area contributed by atoms with Gasteiger partial charge in [-0.2, -0.15) is 0 Å². The van der Waals surface area contributed by atoms with E-state index in [0.717, 1.165) is 0 Å². The van der Waals surface area contributed by atoms with Crippen LogP contribution in [0.2, 0.25) is 0 Å². The smallest absolute Gasteiger partial charge is 0.00244 e. The van der Waals surface area contributed by atoms with Crippen LogP contribution in [0.5, 0.6) is 0 Å². The normalized spacial score (nSPS) is 11.2. The molecular formula is C27H27P. The summed E-state index contributed by atoms with van der Waals surface area (Å²) in [6.07, 6.45) is 0. The van der Waals surface area contributed by atoms with Crippen LogP contribution < -0.4 is 5.30 Å². The lowest BCUT2D eigenvalue weighted by molar-refractivity contribution is 1.27. The van der Waals surface area contributed by atoms with E-state index in [1.807, 2.05) is 0 Å². The molecule has 0 saturated carbocycles. The lowest BCUT2D eigenvalue weighted by Crippen LogP contribution is -2.05. The SMILES string of the molecule is Cc1cccc(-c2cc3ccccc3c(P)c2-c2ccc(C)c(C)c2C)c1C. The van der Waals surface area contributed by atoms with Crippen molar-refractivity contribution in [2.75, 3.05) is 0 Å². The van der Waals surface area contributed by atoms with Crippen molar-refractivity contribution >= 4 is 25.3 Å². The molecule has 4 aromatic carbocycles. The van der Waals surface area contributed by atoms with Crippen LogP contribution in [0.1, 0.15) is 27.8 Å². The fourth-order valence-electron chi connectivity index (χ4n) is 4.15. The van der Waals surface area contributed by atoms with Gasteiger partial charge in [0.25, 0.3) is 0 Å². The number of hydrogen-bond donors (Lipinski definition) is 0. The standard InChI is InChI=1S/C27H27P/c1-16-9-8-12-22(19(16)4)25-15-21-10-6-7-11-24(21)27(28)26(25)23-14-13-17(2)18(3)20(23)5/h6-15H,28H2,1-5H3. The summed E-state index contributed by atoms with van der Waals surface area (Å²) < 4.78 is 0. The topological polar surface area (TPSA) is 0 Å². The van der Waals surface area contributed by atoms with Gasteiger partial charge in [-0.15, -0.1) is 9.24 Å². The molecule has 0 aliphatic rings. The second-order valence-corrected chi connectivity index (χ2v) is 8.44. The van der Waals surface area contributed by atoms with Gasteiger partial charge >= 0.3 is 0 Å². The van der Waals surface area contributed by atoms with Crippen LogP contribution in [0.3, 0.4) is 0 Å². The summed E-state index contributed by atoms with van der Waals surface area (Å²) in [6, 6.07) is 22.2. The minimum atomic E-state index is 1.28. The monoisotopic (exact) mass is 382 g/mol. The zero-order chi connectivity index (χ0) is 20.0. The molecule has 0 N–H and O–H groups in total. The van der Waals surface area contributed by atoms with Gasteiger partial charge in [-0.1, -0.05) is 54.6 Å². The van der Waals surface area contributed by atoms with E-state index in [0.29, 0.717) is 0 Å². The fraction of sp³-hybridized carbons (Fsp3) is 0.185. The van der Waals surface area contributed by atoms with E-state index in [9.17, 15) is 0 Å². The van der Waals surface area contributed by atoms with E-state index in [1.165, 1.54) is 66.1 Å². The third kappa shape index (κ3) is 2.97. The average Bonchev–Trinajstić information content (AvgIpc) is 2.69. The summed E-state index contributed by atoms with van der Waals surface area (Å²) >= 11 is 0. The predicted molar refractivity (Wildman–Crippen MR) is 128 cm³/mol. The number of aryl methyl sites for hydroxylation is 2. The Labute approximate surface area is 170 Å². The van der Waals surface area contributed by atoms with Crippen LogP contribution in [0.25, 0.3) is 33.0 Å². The number of hydrogen-bond acceptors (Lipinski definition) is 0. The van der Waals surface area contributed by atoms with E-state index in [-0.39, 0.29) is 0 Å². The van der Waals surface area contributed by atoms with Crippen molar-refractivity contribution in [1.82, 2.24) is 0 Å². The van der Waals surface area contributed by atoms with Crippen LogP contribution >= 0.6 is 9.24 Å². The molecule has 4 rings (SSSR count). The summed E-state index contributed by atoms with van der Waals surface area (Å²) in [5.74, 6) is 0. The van der Waals surface area contributed by atoms with Crippen molar-refractivity contribution in [2.45, 2.75) is 34.6 Å². The molecule has 1 unspecified atom stereocenters. The molecule has 0 radical (unpaired) electrons. The highest BCUT2D eigenvalue weighted by molar-refractivity contribution is 7.29. The van der Waals surface area contributed by atoms with Gasteiger partial charge < -0.3 is 0 Å². The molecule has 0 saturated heterocycles. The van der Waals surface area contributed by atoms with Crippen molar-refractivity contribution in [3.8, 4) is 22.3 Å². The largest absolute Gasteiger partial charge is 0.104 e. The third-order valence-electron chi connectivity index (χ3n) is 6.31. The molecule has 1 atom stereocenters. The maximum atomic E-state index is 3.04. The highest BCUT2D eigenvalue weighted by Crippen LogP contribution is 2.39. The lowest BCUT2D eigenvalue weighted by Gasteiger charge is -2.21. The fourth-order valence-corrected chi connectivity index (χ4v) is 4.72. The summed E-state index contributed by atoms with van der Waals surface area (Å²) in [6.45, 7) is 11.1. The van der Waals surface area contributed by atoms with Gasteiger partial charge in [-0.25, -0.2) is 0 Å². The number of rotatable bonds is 2. The Bertz CT molecular complexity index is 1210. The van der Waals surface area contributed by atoms with E-state index in [2.05, 4.69) is 105 Å². The quantitative estimate of drug-likeness (QED) is 0.321. The highest BCUT2D eigenvalue weighted by Gasteiger charge is 2.18. The Kier molecular flexibility index (Phi) is 4.86. The Hall–Kier alpha value is -2.43. The van der Waals surface area contributed by atoms with Crippen LogP contribution in [0.4, 0.5) is 0 Å². The Morgan fingerprint density at radius 1 is 0.571 bits per heavy atom. The zero-order valence-corrected chi connectivity index (χ0v) is 18.5. The van der Waals surface area contributed by atoms with Gasteiger partial charge in [0.1, 0.15) is 0 Å². The molecule has 0 aliphatic carbocycles. The Balaban J connectivity index is 2.17. The number of benzene rings is 4. The van der Waals surface area contributed by atoms with Crippen molar-refractivity contribution < 1.29 is 0 Å². The van der Waals surface area contributed by atoms with Crippen molar-refractivity contribution in [2.24, 2.45) is 0 Å². The molecule has 140 valence electrons. The Morgan fingerprint density at radius 2 is 1.29 bits per heavy atom. The summed E-state index contributed by atoms with van der Waals surface area (Å²) in [7, 11) is 3.04. The van der Waals surface area contributed by atoms with Gasteiger partial charge in [0, 0.05) is 0 Å². The molecule has 0 amide bonds. The van der Waals surface area contributed by atoms with Crippen LogP contribution in [-0.2, 0) is 0 Å². The Morgan fingerprint density at radius 3 is 2.07 bits per heavy atom. The van der Waals surface area contributed by atoms with Crippen LogP contribution in [0, 0.1) is 34.6 Å². The second-order valence-electron chi connectivity index (χ2n) is 7.86. The molecule has 0 nitrogen and oxygen atoms in total. The molecule has 1 heteroatoms. The number of fused-ring (bicyclic) bond motifs is 1. The minimum absolute atomic E-state index is 1.28. The van der Waals surface area contributed by atoms with E-state index in [1.54, 1.807) is 0 Å². The van der Waals surface area contributed by atoms with Gasteiger partial charge in [0.15, 0.2) is 0 Å². The maximum Gasteiger partial charge on any atom is -0.00244 e. The summed E-state index contributed by atoms with van der Waals surface area (Å²) in [5, 5.41) is 3.86. The third-order valence-corrected chi connectivity index (χ3v) is 6.91. The molecular weight excluding hydrogens is 355 g/mol. The highest BCUT2D eigenvalue weighted by atomic mass is 31.0. The maximum absolute atomic E-state index is 3.04. The average molecular weight is 382 g/mol. The van der Waals surface area contributed by atoms with Gasteiger partial charge in [-0.3, -0.25) is 0 Å². The summed E-state index contributed by atoms with van der Waals surface area (Å²) in [4.78, 5) is 0. The van der Waals surface area contributed by atoms with Crippen molar-refractivity contribution in [3.63, 3.8) is 0 Å². The molecule has 0 spiro atoms. The predicted octanol–water partition coefficient (Wildman–Crippen LogP) is 7.22. The molecule has 28 heavy (non-hydrogen) atoms. The molecule has 0 heterocycles. The molecule has 0 fully saturated rings. The molecule has 0 aromatic heterocycles. The van der Waals surface area contributed by atoms with Gasteiger partial charge in [-0.05, 0) is 107 Å². The first kappa shape index (κ1) is 18.9. The van der Waals surface area contributed by atoms with Gasteiger partial charge in [0.05, 0.1) is 0 Å². The lowest BCUT2D eigenvalue weighted by atomic mass is 9.85. The molecule has 4 aromatic rings. The summed E-state index contributed by atoms with van der Waals surface area (Å²) in [5.41, 5.74) is 12.1. The van der Waals surface area contributed by atoms with E-state index in [4.69, 9.17) is 0 Å². The van der Waals surface area contributed by atoms with E-state index < -0.39 is 0 Å². The minimum Gasteiger partial charge on any atom is -0.104 e. The molecule has 0 bridgehead atoms. The van der Waals surface area contributed by atoms with Crippen molar-refractivity contribution in [3.05, 3.63) is 88.5 Å². The second kappa shape index (κ2) is 7.19. The van der Waals surface area contributed by atoms with Crippen LogP contribution in [0.15, 0.2) is 60.7 Å². The van der Waals surface area contributed by atoms with E-state index >= 15 is 0 Å². The van der Waals surface area contributed by atoms with Crippen LogP contribution in [-0.4, -0.2) is 0 Å². The van der Waals surface area contributed by atoms with Crippen molar-refractivity contribution in [1.29, 1.82) is 0 Å². The first-order valence-corrected chi connectivity index (χ1v) is 10.4. The first-order valence-electron chi connectivity index (χ1n) is 9.85. The first-order chi connectivity index (χ1) is 13.4. The molecule has 0 aliphatic heterocycles.